The fourth-order valence-corrected chi connectivity index (χ4v) is 3.87. The summed E-state index contributed by atoms with van der Waals surface area (Å²) in [5.41, 5.74) is 3.36. The van der Waals surface area contributed by atoms with Crippen LogP contribution in [0, 0.1) is 11.8 Å². The van der Waals surface area contributed by atoms with Gasteiger partial charge >= 0.3 is 0 Å². The van der Waals surface area contributed by atoms with Crippen molar-refractivity contribution < 1.29 is 4.79 Å². The van der Waals surface area contributed by atoms with E-state index in [1.165, 1.54) is 0 Å². The summed E-state index contributed by atoms with van der Waals surface area (Å²) in [7, 11) is 0. The lowest BCUT2D eigenvalue weighted by atomic mass is 9.92. The van der Waals surface area contributed by atoms with Crippen LogP contribution >= 0.6 is 23.2 Å². The van der Waals surface area contributed by atoms with Gasteiger partial charge in [0.25, 0.3) is 0 Å². The van der Waals surface area contributed by atoms with Crippen molar-refractivity contribution in [3.63, 3.8) is 0 Å². The summed E-state index contributed by atoms with van der Waals surface area (Å²) in [6.45, 7) is 8.23. The van der Waals surface area contributed by atoms with Crippen LogP contribution in [0.4, 0.5) is 0 Å². The van der Waals surface area contributed by atoms with E-state index >= 15 is 0 Å². The van der Waals surface area contributed by atoms with Gasteiger partial charge in [-0.25, -0.2) is 0 Å². The van der Waals surface area contributed by atoms with Gasteiger partial charge in [0.1, 0.15) is 5.78 Å². The third-order valence-electron chi connectivity index (χ3n) is 5.50. The number of rotatable bonds is 7. The molecule has 0 amide bonds. The molecule has 154 valence electrons. The zero-order valence-electron chi connectivity index (χ0n) is 17.4. The third kappa shape index (κ3) is 5.21. The molecule has 0 saturated heterocycles. The number of Topliss-reactive ketones (excluding diaryl/α,β-unsaturated/α-hetero) is 1. The first kappa shape index (κ1) is 21.9. The SMILES string of the molecule is CC(C)C(=O)C[C@@H](c1ccc(Cl)cc1)N1N=C(C(C)C)C[C@H]1c1ccc(Cl)cc1. The lowest BCUT2D eigenvalue weighted by molar-refractivity contribution is -0.123. The molecule has 29 heavy (non-hydrogen) atoms. The van der Waals surface area contributed by atoms with Crippen molar-refractivity contribution in [3.8, 4) is 0 Å². The molecule has 1 heterocycles. The second kappa shape index (κ2) is 9.32. The molecule has 0 spiro atoms. The van der Waals surface area contributed by atoms with Crippen LogP contribution in [0.15, 0.2) is 53.6 Å². The highest BCUT2D eigenvalue weighted by atomic mass is 35.5. The molecular weight excluding hydrogens is 403 g/mol. The number of hydrazone groups is 1. The number of halogens is 2. The van der Waals surface area contributed by atoms with Gasteiger partial charge in [-0.3, -0.25) is 9.80 Å². The monoisotopic (exact) mass is 430 g/mol. The standard InChI is InChI=1S/C24H28Cl2N2O/c1-15(2)21-13-22(17-5-9-19(25)10-6-17)28(27-21)23(14-24(29)16(3)4)18-7-11-20(26)12-8-18/h5-12,15-16,22-23H,13-14H2,1-4H3/t22-,23-/m0/s1. The molecule has 2 atom stereocenters. The smallest absolute Gasteiger partial charge is 0.137 e. The Bertz CT molecular complexity index is 873. The largest absolute Gasteiger partial charge is 0.299 e. The van der Waals surface area contributed by atoms with Crippen LogP contribution in [0.2, 0.25) is 10.0 Å². The van der Waals surface area contributed by atoms with Gasteiger partial charge in [-0.2, -0.15) is 5.10 Å². The number of carbonyl (C=O) groups is 1. The normalized spacial score (nSPS) is 17.7. The van der Waals surface area contributed by atoms with Crippen molar-refractivity contribution in [3.05, 3.63) is 69.7 Å². The van der Waals surface area contributed by atoms with Crippen molar-refractivity contribution in [2.24, 2.45) is 16.9 Å². The zero-order valence-corrected chi connectivity index (χ0v) is 18.9. The van der Waals surface area contributed by atoms with Gasteiger partial charge in [0.2, 0.25) is 0 Å². The lowest BCUT2D eigenvalue weighted by Crippen LogP contribution is -2.28. The quantitative estimate of drug-likeness (QED) is 0.468. The number of hydrogen-bond acceptors (Lipinski definition) is 3. The van der Waals surface area contributed by atoms with Crippen LogP contribution in [0.5, 0.6) is 0 Å². The fourth-order valence-electron chi connectivity index (χ4n) is 3.62. The molecule has 1 aliphatic heterocycles. The Hall–Kier alpha value is -1.84. The van der Waals surface area contributed by atoms with Gasteiger partial charge in [0, 0.05) is 34.5 Å². The van der Waals surface area contributed by atoms with E-state index in [0.717, 1.165) is 23.3 Å². The topological polar surface area (TPSA) is 32.7 Å². The summed E-state index contributed by atoms with van der Waals surface area (Å²) in [6, 6.07) is 15.6. The summed E-state index contributed by atoms with van der Waals surface area (Å²) < 4.78 is 0. The number of ketones is 1. The molecule has 0 aliphatic carbocycles. The molecule has 0 N–H and O–H groups in total. The Kier molecular flexibility index (Phi) is 7.02. The predicted octanol–water partition coefficient (Wildman–Crippen LogP) is 7.11. The Morgan fingerprint density at radius 3 is 2.07 bits per heavy atom. The minimum Gasteiger partial charge on any atom is -0.299 e. The van der Waals surface area contributed by atoms with Crippen molar-refractivity contribution >= 4 is 34.7 Å². The zero-order chi connectivity index (χ0) is 21.1. The number of nitrogens with zero attached hydrogens (tertiary/aromatic N) is 2. The Balaban J connectivity index is 2.03. The van der Waals surface area contributed by atoms with Crippen molar-refractivity contribution in [2.75, 3.05) is 0 Å². The van der Waals surface area contributed by atoms with Gasteiger partial charge in [-0.05, 0) is 41.3 Å². The minimum absolute atomic E-state index is 0.0186. The number of carbonyl (C=O) groups excluding carboxylic acids is 1. The molecule has 2 aromatic carbocycles. The van der Waals surface area contributed by atoms with E-state index in [4.69, 9.17) is 28.3 Å². The van der Waals surface area contributed by atoms with Gasteiger partial charge in [0.05, 0.1) is 12.1 Å². The molecule has 0 fully saturated rings. The lowest BCUT2D eigenvalue weighted by Gasteiger charge is -2.33. The molecular formula is C24H28Cl2N2O. The van der Waals surface area contributed by atoms with Gasteiger partial charge in [0.15, 0.2) is 0 Å². The summed E-state index contributed by atoms with van der Waals surface area (Å²) in [6.07, 6.45) is 1.26. The van der Waals surface area contributed by atoms with Crippen LogP contribution in [-0.4, -0.2) is 16.5 Å². The van der Waals surface area contributed by atoms with Crippen molar-refractivity contribution in [1.29, 1.82) is 0 Å². The van der Waals surface area contributed by atoms with Crippen molar-refractivity contribution in [2.45, 2.75) is 52.6 Å². The van der Waals surface area contributed by atoms with E-state index in [1.807, 2.05) is 50.2 Å². The molecule has 0 saturated carbocycles. The predicted molar refractivity (Wildman–Crippen MR) is 122 cm³/mol. The van der Waals surface area contributed by atoms with Crippen LogP contribution in [-0.2, 0) is 4.79 Å². The summed E-state index contributed by atoms with van der Waals surface area (Å²) >= 11 is 12.2. The highest BCUT2D eigenvalue weighted by molar-refractivity contribution is 6.30. The molecule has 0 bridgehead atoms. The first-order valence-corrected chi connectivity index (χ1v) is 10.9. The van der Waals surface area contributed by atoms with E-state index in [1.54, 1.807) is 0 Å². The molecule has 3 rings (SSSR count). The van der Waals surface area contributed by atoms with E-state index in [0.29, 0.717) is 22.4 Å². The summed E-state index contributed by atoms with van der Waals surface area (Å²) in [5, 5.41) is 8.54. The molecule has 0 aromatic heterocycles. The molecule has 1 aliphatic rings. The number of hydrogen-bond donors (Lipinski definition) is 0. The first-order valence-electron chi connectivity index (χ1n) is 10.2. The maximum absolute atomic E-state index is 12.7. The van der Waals surface area contributed by atoms with E-state index in [2.05, 4.69) is 31.0 Å². The van der Waals surface area contributed by atoms with Gasteiger partial charge < -0.3 is 0 Å². The van der Waals surface area contributed by atoms with Gasteiger partial charge in [-0.15, -0.1) is 0 Å². The fraction of sp³-hybridized carbons (Fsp3) is 0.417. The van der Waals surface area contributed by atoms with Crippen LogP contribution in [0.1, 0.15) is 63.7 Å². The maximum Gasteiger partial charge on any atom is 0.137 e. The molecule has 0 radical (unpaired) electrons. The molecule has 2 aromatic rings. The van der Waals surface area contributed by atoms with Crippen molar-refractivity contribution in [1.82, 2.24) is 5.01 Å². The summed E-state index contributed by atoms with van der Waals surface area (Å²) in [4.78, 5) is 12.7. The second-order valence-corrected chi connectivity index (χ2v) is 9.16. The van der Waals surface area contributed by atoms with Gasteiger partial charge in [-0.1, -0.05) is 75.2 Å². The highest BCUT2D eigenvalue weighted by Gasteiger charge is 2.36. The van der Waals surface area contributed by atoms with E-state index < -0.39 is 0 Å². The Morgan fingerprint density at radius 1 is 1.00 bits per heavy atom. The van der Waals surface area contributed by atoms with Crippen LogP contribution < -0.4 is 0 Å². The third-order valence-corrected chi connectivity index (χ3v) is 6.00. The van der Waals surface area contributed by atoms with Crippen LogP contribution in [0.3, 0.4) is 0 Å². The average Bonchev–Trinajstić information content (AvgIpc) is 3.12. The van der Waals surface area contributed by atoms with E-state index in [9.17, 15) is 4.79 Å². The Morgan fingerprint density at radius 2 is 1.55 bits per heavy atom. The Labute approximate surface area is 183 Å². The molecule has 5 heteroatoms. The number of benzene rings is 2. The first-order chi connectivity index (χ1) is 13.8. The van der Waals surface area contributed by atoms with E-state index in [-0.39, 0.29) is 23.8 Å². The summed E-state index contributed by atoms with van der Waals surface area (Å²) in [5.74, 6) is 0.560. The minimum atomic E-state index is -0.140. The van der Waals surface area contributed by atoms with Crippen LogP contribution in [0.25, 0.3) is 0 Å². The average molecular weight is 431 g/mol. The maximum atomic E-state index is 12.7. The molecule has 3 nitrogen and oxygen atoms in total. The highest BCUT2D eigenvalue weighted by Crippen LogP contribution is 2.41. The molecule has 0 unspecified atom stereocenters. The second-order valence-electron chi connectivity index (χ2n) is 8.29.